The van der Waals surface area contributed by atoms with Gasteiger partial charge in [0.15, 0.2) is 0 Å². The molecule has 21 heavy (non-hydrogen) atoms. The van der Waals surface area contributed by atoms with Gasteiger partial charge in [-0.2, -0.15) is 4.39 Å². The average molecular weight is 281 g/mol. The second-order valence-corrected chi connectivity index (χ2v) is 4.46. The molecule has 3 aromatic rings. The summed E-state index contributed by atoms with van der Waals surface area (Å²) in [6.07, 6.45) is 1.55. The Kier molecular flexibility index (Phi) is 3.31. The topological polar surface area (TPSA) is 54.9 Å². The van der Waals surface area contributed by atoms with Crippen molar-refractivity contribution in [1.29, 1.82) is 0 Å². The van der Waals surface area contributed by atoms with Crippen molar-refractivity contribution in [3.8, 4) is 11.3 Å². The lowest BCUT2D eigenvalue weighted by atomic mass is 10.00. The highest BCUT2D eigenvalue weighted by atomic mass is 19.1. The first-order valence-corrected chi connectivity index (χ1v) is 6.44. The van der Waals surface area contributed by atoms with Crippen molar-refractivity contribution in [2.45, 2.75) is 0 Å². The van der Waals surface area contributed by atoms with E-state index in [-0.39, 0.29) is 17.0 Å². The van der Waals surface area contributed by atoms with Crippen LogP contribution in [-0.2, 0) is 0 Å². The molecule has 0 radical (unpaired) electrons. The number of fused-ring (bicyclic) bond motifs is 1. The fourth-order valence-corrected chi connectivity index (χ4v) is 2.29. The van der Waals surface area contributed by atoms with Crippen molar-refractivity contribution in [1.82, 2.24) is 15.3 Å². The Balaban J connectivity index is 2.43. The van der Waals surface area contributed by atoms with Crippen LogP contribution in [0.1, 0.15) is 10.4 Å². The molecule has 0 unspecified atom stereocenters. The molecule has 0 saturated heterocycles. The summed E-state index contributed by atoms with van der Waals surface area (Å²) in [7, 11) is 1.51. The van der Waals surface area contributed by atoms with E-state index in [9.17, 15) is 9.18 Å². The Morgan fingerprint density at radius 1 is 1.14 bits per heavy atom. The van der Waals surface area contributed by atoms with Gasteiger partial charge in [0.1, 0.15) is 0 Å². The van der Waals surface area contributed by atoms with Gasteiger partial charge in [-0.1, -0.05) is 24.3 Å². The number of halogens is 1. The minimum Gasteiger partial charge on any atom is -0.355 e. The van der Waals surface area contributed by atoms with Crippen LogP contribution >= 0.6 is 0 Å². The van der Waals surface area contributed by atoms with E-state index in [1.54, 1.807) is 48.7 Å². The highest BCUT2D eigenvalue weighted by Gasteiger charge is 2.21. The Morgan fingerprint density at radius 2 is 1.90 bits per heavy atom. The van der Waals surface area contributed by atoms with Crippen molar-refractivity contribution in [3.05, 3.63) is 60.2 Å². The number of carbonyl (C=O) groups is 1. The van der Waals surface area contributed by atoms with E-state index in [0.717, 1.165) is 0 Å². The molecule has 0 bridgehead atoms. The summed E-state index contributed by atoms with van der Waals surface area (Å²) >= 11 is 0. The zero-order chi connectivity index (χ0) is 14.8. The quantitative estimate of drug-likeness (QED) is 0.735. The molecule has 1 aromatic carbocycles. The van der Waals surface area contributed by atoms with Crippen LogP contribution in [0.5, 0.6) is 0 Å². The molecule has 0 saturated carbocycles. The van der Waals surface area contributed by atoms with Gasteiger partial charge in [0.25, 0.3) is 5.91 Å². The predicted octanol–water partition coefficient (Wildman–Crippen LogP) is 2.80. The first-order chi connectivity index (χ1) is 10.2. The Morgan fingerprint density at radius 3 is 2.62 bits per heavy atom. The lowest BCUT2D eigenvalue weighted by Crippen LogP contribution is -2.20. The number of carbonyl (C=O) groups excluding carboxylic acids is 1. The van der Waals surface area contributed by atoms with Crippen LogP contribution in [0.4, 0.5) is 4.39 Å². The van der Waals surface area contributed by atoms with Crippen molar-refractivity contribution in [3.63, 3.8) is 0 Å². The number of hydrogen-bond acceptors (Lipinski definition) is 3. The number of aromatic nitrogens is 2. The second-order valence-electron chi connectivity index (χ2n) is 4.46. The second kappa shape index (κ2) is 5.28. The number of rotatable bonds is 2. The van der Waals surface area contributed by atoms with Gasteiger partial charge in [-0.15, -0.1) is 0 Å². The van der Waals surface area contributed by atoms with Crippen molar-refractivity contribution < 1.29 is 9.18 Å². The number of hydrogen-bond donors (Lipinski definition) is 1. The van der Waals surface area contributed by atoms with Crippen LogP contribution < -0.4 is 5.32 Å². The van der Waals surface area contributed by atoms with Crippen LogP contribution in [0.3, 0.4) is 0 Å². The van der Waals surface area contributed by atoms with E-state index in [1.165, 1.54) is 7.05 Å². The van der Waals surface area contributed by atoms with E-state index in [4.69, 9.17) is 0 Å². The summed E-state index contributed by atoms with van der Waals surface area (Å²) in [6.45, 7) is 0. The first-order valence-electron chi connectivity index (χ1n) is 6.44. The minimum atomic E-state index is -0.703. The molecule has 104 valence electrons. The van der Waals surface area contributed by atoms with Gasteiger partial charge in [0.05, 0.1) is 22.3 Å². The highest BCUT2D eigenvalue weighted by molar-refractivity contribution is 6.11. The fraction of sp³-hybridized carbons (Fsp3) is 0.0625. The molecule has 5 heteroatoms. The molecule has 3 rings (SSSR count). The lowest BCUT2D eigenvalue weighted by Gasteiger charge is -2.12. The molecule has 0 aliphatic rings. The number of nitrogens with one attached hydrogen (secondary N) is 1. The molecule has 1 N–H and O–H groups in total. The molecule has 2 aromatic heterocycles. The Bertz CT molecular complexity index is 818. The maximum Gasteiger partial charge on any atom is 0.252 e. The zero-order valence-electron chi connectivity index (χ0n) is 11.3. The summed E-state index contributed by atoms with van der Waals surface area (Å²) in [5.74, 6) is -1.07. The third-order valence-electron chi connectivity index (χ3n) is 3.22. The van der Waals surface area contributed by atoms with Gasteiger partial charge in [0.2, 0.25) is 5.95 Å². The van der Waals surface area contributed by atoms with Crippen LogP contribution in [-0.4, -0.2) is 22.9 Å². The van der Waals surface area contributed by atoms with Gasteiger partial charge in [-0.3, -0.25) is 9.78 Å². The number of amides is 1. The molecule has 0 aliphatic carbocycles. The van der Waals surface area contributed by atoms with E-state index in [0.29, 0.717) is 16.6 Å². The summed E-state index contributed by atoms with van der Waals surface area (Å²) in [6, 6.07) is 12.1. The number of pyridine rings is 2. The molecule has 2 heterocycles. The van der Waals surface area contributed by atoms with Crippen molar-refractivity contribution in [2.75, 3.05) is 7.05 Å². The van der Waals surface area contributed by atoms with E-state index in [2.05, 4.69) is 15.3 Å². The molecule has 1 amide bonds. The molecular formula is C16H12FN3O. The van der Waals surface area contributed by atoms with Crippen molar-refractivity contribution in [2.24, 2.45) is 0 Å². The normalized spacial score (nSPS) is 10.6. The van der Waals surface area contributed by atoms with Crippen LogP contribution in [0.2, 0.25) is 0 Å². The summed E-state index contributed by atoms with van der Waals surface area (Å²) < 4.78 is 14.4. The van der Waals surface area contributed by atoms with Gasteiger partial charge in [0, 0.05) is 18.6 Å². The third kappa shape index (κ3) is 2.23. The van der Waals surface area contributed by atoms with E-state index >= 15 is 0 Å². The van der Waals surface area contributed by atoms with Gasteiger partial charge in [-0.05, 0) is 18.2 Å². The maximum absolute atomic E-state index is 14.4. The summed E-state index contributed by atoms with van der Waals surface area (Å²) in [5.41, 5.74) is 1.19. The van der Waals surface area contributed by atoms with E-state index < -0.39 is 5.95 Å². The van der Waals surface area contributed by atoms with Crippen LogP contribution in [0.25, 0.3) is 22.2 Å². The molecule has 0 aliphatic heterocycles. The highest BCUT2D eigenvalue weighted by Crippen LogP contribution is 2.30. The monoisotopic (exact) mass is 281 g/mol. The molecule has 0 spiro atoms. The first kappa shape index (κ1) is 13.2. The SMILES string of the molecule is CNC(=O)c1c(-c2ccccn2)c(F)nc2ccccc12. The Labute approximate surface area is 120 Å². The minimum absolute atomic E-state index is 0.119. The van der Waals surface area contributed by atoms with Crippen LogP contribution in [0.15, 0.2) is 48.7 Å². The van der Waals surface area contributed by atoms with Gasteiger partial charge >= 0.3 is 0 Å². The lowest BCUT2D eigenvalue weighted by molar-refractivity contribution is 0.0965. The fourth-order valence-electron chi connectivity index (χ4n) is 2.29. The average Bonchev–Trinajstić information content (AvgIpc) is 2.53. The molecule has 0 atom stereocenters. The zero-order valence-corrected chi connectivity index (χ0v) is 11.3. The third-order valence-corrected chi connectivity index (χ3v) is 3.22. The molecular weight excluding hydrogens is 269 g/mol. The van der Waals surface area contributed by atoms with Crippen molar-refractivity contribution >= 4 is 16.8 Å². The van der Waals surface area contributed by atoms with E-state index in [1.807, 2.05) is 0 Å². The standard InChI is InChI=1S/C16H12FN3O/c1-18-16(21)13-10-6-2-3-7-11(10)20-15(17)14(13)12-8-4-5-9-19-12/h2-9H,1H3,(H,18,21). The molecule has 0 fully saturated rings. The summed E-state index contributed by atoms with van der Waals surface area (Å²) in [5, 5.41) is 3.15. The predicted molar refractivity (Wildman–Crippen MR) is 78.3 cm³/mol. The maximum atomic E-state index is 14.4. The van der Waals surface area contributed by atoms with Gasteiger partial charge < -0.3 is 5.32 Å². The largest absolute Gasteiger partial charge is 0.355 e. The van der Waals surface area contributed by atoms with Gasteiger partial charge in [-0.25, -0.2) is 4.98 Å². The number of benzene rings is 1. The summed E-state index contributed by atoms with van der Waals surface area (Å²) in [4.78, 5) is 20.3. The van der Waals surface area contributed by atoms with Crippen LogP contribution in [0, 0.1) is 5.95 Å². The molecule has 4 nitrogen and oxygen atoms in total. The smallest absolute Gasteiger partial charge is 0.252 e. The Hall–Kier alpha value is -2.82. The number of para-hydroxylation sites is 1. The number of nitrogens with zero attached hydrogens (tertiary/aromatic N) is 2.